The molecule has 0 bridgehead atoms. The average molecular weight is 396 g/mol. The van der Waals surface area contributed by atoms with Crippen LogP contribution in [0, 0.1) is 5.92 Å². The summed E-state index contributed by atoms with van der Waals surface area (Å²) in [6.07, 6.45) is 7.72. The molecule has 0 saturated heterocycles. The summed E-state index contributed by atoms with van der Waals surface area (Å²) in [5.74, 6) is 1.81. The molecule has 0 spiro atoms. The number of carbonyl (C=O) groups excluding carboxylic acids is 1. The van der Waals surface area contributed by atoms with E-state index in [4.69, 9.17) is 9.47 Å². The first-order chi connectivity index (χ1) is 14.0. The van der Waals surface area contributed by atoms with Gasteiger partial charge in [0.2, 0.25) is 5.91 Å². The molecule has 2 aromatic rings. The molecule has 0 aliphatic rings. The van der Waals surface area contributed by atoms with E-state index in [0.717, 1.165) is 29.8 Å². The molecule has 0 aliphatic carbocycles. The van der Waals surface area contributed by atoms with Crippen LogP contribution < -0.4 is 14.8 Å². The van der Waals surface area contributed by atoms with Crippen molar-refractivity contribution in [3.63, 3.8) is 0 Å². The predicted octanol–water partition coefficient (Wildman–Crippen LogP) is 6.11. The predicted molar refractivity (Wildman–Crippen MR) is 121 cm³/mol. The zero-order chi connectivity index (χ0) is 21.1. The second-order valence-corrected chi connectivity index (χ2v) is 7.56. The third-order valence-corrected chi connectivity index (χ3v) is 4.61. The molecule has 0 aliphatic heterocycles. The Morgan fingerprint density at radius 2 is 1.86 bits per heavy atom. The van der Waals surface area contributed by atoms with Crippen LogP contribution in [0.4, 0.5) is 5.69 Å². The molecule has 0 fully saturated rings. The Bertz CT molecular complexity index is 794. The van der Waals surface area contributed by atoms with E-state index in [1.807, 2.05) is 30.3 Å². The number of benzene rings is 2. The van der Waals surface area contributed by atoms with Crippen molar-refractivity contribution in [1.82, 2.24) is 0 Å². The molecular weight excluding hydrogens is 362 g/mol. The van der Waals surface area contributed by atoms with E-state index < -0.39 is 0 Å². The smallest absolute Gasteiger partial charge is 0.248 e. The van der Waals surface area contributed by atoms with Crippen LogP contribution in [0.5, 0.6) is 11.5 Å². The van der Waals surface area contributed by atoms with Crippen LogP contribution in [0.25, 0.3) is 6.08 Å². The van der Waals surface area contributed by atoms with Gasteiger partial charge in [0.05, 0.1) is 13.7 Å². The minimum Gasteiger partial charge on any atom is -0.493 e. The number of amides is 1. The van der Waals surface area contributed by atoms with Gasteiger partial charge in [-0.3, -0.25) is 4.79 Å². The van der Waals surface area contributed by atoms with Crippen LogP contribution >= 0.6 is 0 Å². The summed E-state index contributed by atoms with van der Waals surface area (Å²) in [6.45, 7) is 7.17. The summed E-state index contributed by atoms with van der Waals surface area (Å²) in [5, 5.41) is 2.89. The van der Waals surface area contributed by atoms with Crippen molar-refractivity contribution >= 4 is 17.7 Å². The van der Waals surface area contributed by atoms with Gasteiger partial charge in [0.1, 0.15) is 0 Å². The van der Waals surface area contributed by atoms with Gasteiger partial charge in [-0.05, 0) is 66.6 Å². The number of anilines is 1. The van der Waals surface area contributed by atoms with Gasteiger partial charge in [-0.15, -0.1) is 0 Å². The fourth-order valence-electron chi connectivity index (χ4n) is 2.80. The lowest BCUT2D eigenvalue weighted by Crippen LogP contribution is -2.07. The Hall–Kier alpha value is -2.75. The average Bonchev–Trinajstić information content (AvgIpc) is 2.72. The van der Waals surface area contributed by atoms with Crippen molar-refractivity contribution in [3.8, 4) is 11.5 Å². The highest BCUT2D eigenvalue weighted by Crippen LogP contribution is 2.29. The Kier molecular flexibility index (Phi) is 9.29. The summed E-state index contributed by atoms with van der Waals surface area (Å²) in [5.41, 5.74) is 2.97. The van der Waals surface area contributed by atoms with Crippen LogP contribution in [0.15, 0.2) is 48.5 Å². The fraction of sp³-hybridized carbons (Fsp3) is 0.400. The highest BCUT2D eigenvalue weighted by Gasteiger charge is 2.06. The van der Waals surface area contributed by atoms with Gasteiger partial charge in [-0.1, -0.05) is 45.4 Å². The lowest BCUT2D eigenvalue weighted by atomic mass is 10.1. The first-order valence-electron chi connectivity index (χ1n) is 10.4. The fourth-order valence-corrected chi connectivity index (χ4v) is 2.80. The Morgan fingerprint density at radius 3 is 2.52 bits per heavy atom. The van der Waals surface area contributed by atoms with E-state index in [-0.39, 0.29) is 5.91 Å². The second kappa shape index (κ2) is 11.9. The monoisotopic (exact) mass is 395 g/mol. The second-order valence-electron chi connectivity index (χ2n) is 7.56. The third-order valence-electron chi connectivity index (χ3n) is 4.61. The number of rotatable bonds is 11. The number of hydrogen-bond donors (Lipinski definition) is 1. The number of carbonyl (C=O) groups is 1. The third kappa shape index (κ3) is 8.02. The van der Waals surface area contributed by atoms with E-state index in [1.54, 1.807) is 13.2 Å². The van der Waals surface area contributed by atoms with Crippen molar-refractivity contribution in [2.24, 2.45) is 5.92 Å². The molecule has 4 nitrogen and oxygen atoms in total. The molecule has 0 aromatic heterocycles. The van der Waals surface area contributed by atoms with Crippen molar-refractivity contribution in [1.29, 1.82) is 0 Å². The van der Waals surface area contributed by atoms with Crippen molar-refractivity contribution in [3.05, 3.63) is 59.7 Å². The zero-order valence-corrected chi connectivity index (χ0v) is 18.0. The maximum absolute atomic E-state index is 12.2. The Balaban J connectivity index is 1.93. The summed E-state index contributed by atoms with van der Waals surface area (Å²) in [4.78, 5) is 12.2. The van der Waals surface area contributed by atoms with Gasteiger partial charge >= 0.3 is 0 Å². The molecule has 2 rings (SSSR count). The summed E-state index contributed by atoms with van der Waals surface area (Å²) < 4.78 is 11.2. The van der Waals surface area contributed by atoms with Crippen LogP contribution in [0.3, 0.4) is 0 Å². The highest BCUT2D eigenvalue weighted by molar-refractivity contribution is 6.01. The quantitative estimate of drug-likeness (QED) is 0.467. The van der Waals surface area contributed by atoms with E-state index in [9.17, 15) is 4.79 Å². The molecule has 29 heavy (non-hydrogen) atoms. The number of nitrogens with one attached hydrogen (secondary N) is 1. The molecule has 0 saturated carbocycles. The molecule has 0 atom stereocenters. The van der Waals surface area contributed by atoms with Gasteiger partial charge in [0.25, 0.3) is 0 Å². The number of aryl methyl sites for hydroxylation is 1. The SMILES string of the molecule is CCCCc1ccc(NC(=O)/C=C/c2ccc(OCCC(C)C)c(OC)c2)cc1. The van der Waals surface area contributed by atoms with Crippen molar-refractivity contribution in [2.75, 3.05) is 19.0 Å². The summed E-state index contributed by atoms with van der Waals surface area (Å²) >= 11 is 0. The van der Waals surface area contributed by atoms with Crippen LogP contribution in [0.1, 0.15) is 51.2 Å². The molecule has 0 unspecified atom stereocenters. The van der Waals surface area contributed by atoms with Crippen molar-refractivity contribution < 1.29 is 14.3 Å². The Morgan fingerprint density at radius 1 is 1.10 bits per heavy atom. The maximum atomic E-state index is 12.2. The summed E-state index contributed by atoms with van der Waals surface area (Å²) in [6, 6.07) is 13.7. The molecule has 0 heterocycles. The molecule has 2 aromatic carbocycles. The number of hydrogen-bond acceptors (Lipinski definition) is 3. The van der Waals surface area contributed by atoms with Crippen molar-refractivity contribution in [2.45, 2.75) is 46.5 Å². The van der Waals surface area contributed by atoms with E-state index >= 15 is 0 Å². The molecule has 4 heteroatoms. The number of ether oxygens (including phenoxy) is 2. The number of methoxy groups -OCH3 is 1. The molecule has 0 radical (unpaired) electrons. The lowest BCUT2D eigenvalue weighted by molar-refractivity contribution is -0.111. The van der Waals surface area contributed by atoms with Gasteiger partial charge < -0.3 is 14.8 Å². The molecule has 156 valence electrons. The van der Waals surface area contributed by atoms with Crippen LogP contribution in [-0.2, 0) is 11.2 Å². The minimum absolute atomic E-state index is 0.164. The van der Waals surface area contributed by atoms with Gasteiger partial charge in [-0.25, -0.2) is 0 Å². The standard InChI is InChI=1S/C25H33NO3/c1-5-6-7-20-8-12-22(13-9-20)26-25(27)15-11-21-10-14-23(24(18-21)28-4)29-17-16-19(2)3/h8-15,18-19H,5-7,16-17H2,1-4H3,(H,26,27)/b15-11+. The molecule has 1 N–H and O–H groups in total. The van der Waals surface area contributed by atoms with E-state index in [1.165, 1.54) is 24.5 Å². The maximum Gasteiger partial charge on any atom is 0.248 e. The largest absolute Gasteiger partial charge is 0.493 e. The van der Waals surface area contributed by atoms with E-state index in [2.05, 4.69) is 38.2 Å². The lowest BCUT2D eigenvalue weighted by Gasteiger charge is -2.12. The first kappa shape index (κ1) is 22.5. The zero-order valence-electron chi connectivity index (χ0n) is 18.0. The summed E-state index contributed by atoms with van der Waals surface area (Å²) in [7, 11) is 1.62. The highest BCUT2D eigenvalue weighted by atomic mass is 16.5. The molecular formula is C25H33NO3. The minimum atomic E-state index is -0.164. The first-order valence-corrected chi connectivity index (χ1v) is 10.4. The number of unbranched alkanes of at least 4 members (excludes halogenated alkanes) is 1. The Labute approximate surface area is 174 Å². The molecule has 1 amide bonds. The normalized spacial score (nSPS) is 11.1. The van der Waals surface area contributed by atoms with Crippen LogP contribution in [-0.4, -0.2) is 19.6 Å². The van der Waals surface area contributed by atoms with Gasteiger partial charge in [0, 0.05) is 11.8 Å². The van der Waals surface area contributed by atoms with Crippen LogP contribution in [0.2, 0.25) is 0 Å². The van der Waals surface area contributed by atoms with Gasteiger partial charge in [0.15, 0.2) is 11.5 Å². The topological polar surface area (TPSA) is 47.6 Å². The van der Waals surface area contributed by atoms with E-state index in [0.29, 0.717) is 18.3 Å². The van der Waals surface area contributed by atoms with Gasteiger partial charge in [-0.2, -0.15) is 0 Å².